The molecule has 9 atom stereocenters. The topological polar surface area (TPSA) is 34.1 Å². The molecule has 0 radical (unpaired) electrons. The van der Waals surface area contributed by atoms with Crippen LogP contribution >= 0.6 is 11.6 Å². The molecule has 4 aliphatic carbocycles. The first-order chi connectivity index (χ1) is 12.5. The Morgan fingerprint density at radius 3 is 2.52 bits per heavy atom. The summed E-state index contributed by atoms with van der Waals surface area (Å²) in [6.07, 6.45) is 2.69. The maximum absolute atomic E-state index is 15.9. The van der Waals surface area contributed by atoms with Gasteiger partial charge >= 0.3 is 0 Å². The van der Waals surface area contributed by atoms with E-state index in [-0.39, 0.29) is 48.1 Å². The molecule has 0 bridgehead atoms. The quantitative estimate of drug-likeness (QED) is 0.584. The van der Waals surface area contributed by atoms with Gasteiger partial charge in [-0.1, -0.05) is 26.8 Å². The lowest BCUT2D eigenvalue weighted by atomic mass is 9.46. The summed E-state index contributed by atoms with van der Waals surface area (Å²) in [6.45, 7) is 7.39. The second kappa shape index (κ2) is 5.75. The lowest BCUT2D eigenvalue weighted by Gasteiger charge is -2.63. The van der Waals surface area contributed by atoms with Gasteiger partial charge in [0.25, 0.3) is 0 Å². The molecule has 0 saturated heterocycles. The van der Waals surface area contributed by atoms with Crippen LogP contribution in [-0.2, 0) is 9.59 Å². The number of carbonyl (C=O) groups is 2. The van der Waals surface area contributed by atoms with Crippen LogP contribution in [0.5, 0.6) is 0 Å². The van der Waals surface area contributed by atoms with Crippen LogP contribution in [0.3, 0.4) is 0 Å². The summed E-state index contributed by atoms with van der Waals surface area (Å²) >= 11 is 7.13. The van der Waals surface area contributed by atoms with Gasteiger partial charge < -0.3 is 0 Å². The number of fused-ring (bicyclic) bond motifs is 5. The Hall–Kier alpha value is -1.03. The normalized spacial score (nSPS) is 54.0. The first kappa shape index (κ1) is 19.3. The molecule has 0 aliphatic heterocycles. The van der Waals surface area contributed by atoms with Gasteiger partial charge in [0, 0.05) is 11.3 Å². The fourth-order valence-electron chi connectivity index (χ4n) is 7.37. The standard InChI is InChI=1S/C22H27ClF2O2/c1-11-7-14-15-9-17(24)16-8-13(27)5-6-21(16,4)22(15,23)18(25)10-20(14,3)19(11)12(2)26/h5-6,8,11,14-15,17-19H,7,9-10H2,1-4H3/t11?,14-,15-,17?,18?,19+,20-,21-,22-/m0/s1. The van der Waals surface area contributed by atoms with E-state index in [0.717, 1.165) is 6.42 Å². The average molecular weight is 397 g/mol. The zero-order valence-electron chi connectivity index (χ0n) is 16.3. The van der Waals surface area contributed by atoms with Crippen molar-refractivity contribution in [1.29, 1.82) is 0 Å². The van der Waals surface area contributed by atoms with E-state index < -0.39 is 28.0 Å². The maximum Gasteiger partial charge on any atom is 0.178 e. The molecule has 0 heterocycles. The number of hydrogen-bond acceptors (Lipinski definition) is 2. The van der Waals surface area contributed by atoms with Crippen molar-refractivity contribution in [3.8, 4) is 0 Å². The molecule has 0 aromatic rings. The molecule has 148 valence electrons. The van der Waals surface area contributed by atoms with Crippen LogP contribution in [0.4, 0.5) is 8.78 Å². The van der Waals surface area contributed by atoms with Crippen LogP contribution in [0.15, 0.2) is 23.8 Å². The fourth-order valence-corrected chi connectivity index (χ4v) is 7.86. The molecule has 3 saturated carbocycles. The predicted octanol–water partition coefficient (Wildman–Crippen LogP) is 5.00. The van der Waals surface area contributed by atoms with Gasteiger partial charge in [0.05, 0.1) is 4.87 Å². The Kier molecular flexibility index (Phi) is 4.11. The van der Waals surface area contributed by atoms with E-state index >= 15 is 8.78 Å². The van der Waals surface area contributed by atoms with Gasteiger partial charge in [0.1, 0.15) is 18.1 Å². The largest absolute Gasteiger partial charge is 0.300 e. The Morgan fingerprint density at radius 1 is 1.22 bits per heavy atom. The third-order valence-electron chi connectivity index (χ3n) is 8.36. The molecule has 0 aromatic heterocycles. The van der Waals surface area contributed by atoms with Gasteiger partial charge in [0.2, 0.25) is 0 Å². The van der Waals surface area contributed by atoms with E-state index in [1.54, 1.807) is 19.9 Å². The van der Waals surface area contributed by atoms with Gasteiger partial charge in [-0.25, -0.2) is 8.78 Å². The van der Waals surface area contributed by atoms with Crippen LogP contribution in [0.25, 0.3) is 0 Å². The molecule has 3 fully saturated rings. The van der Waals surface area contributed by atoms with Gasteiger partial charge in [-0.2, -0.15) is 0 Å². The Morgan fingerprint density at radius 2 is 1.89 bits per heavy atom. The number of hydrogen-bond donors (Lipinski definition) is 0. The lowest BCUT2D eigenvalue weighted by molar-refractivity contribution is -0.131. The van der Waals surface area contributed by atoms with E-state index in [4.69, 9.17) is 11.6 Å². The number of alkyl halides is 3. The maximum atomic E-state index is 15.9. The number of halogens is 3. The van der Waals surface area contributed by atoms with E-state index in [2.05, 4.69) is 0 Å². The lowest BCUT2D eigenvalue weighted by Crippen LogP contribution is -2.66. The molecule has 5 heteroatoms. The monoisotopic (exact) mass is 396 g/mol. The molecule has 2 nitrogen and oxygen atoms in total. The minimum absolute atomic E-state index is 0.00597. The third kappa shape index (κ3) is 2.22. The van der Waals surface area contributed by atoms with Crippen molar-refractivity contribution in [2.45, 2.75) is 64.2 Å². The molecule has 3 unspecified atom stereocenters. The Labute approximate surface area is 164 Å². The van der Waals surface area contributed by atoms with Crippen molar-refractivity contribution < 1.29 is 18.4 Å². The Balaban J connectivity index is 1.86. The minimum Gasteiger partial charge on any atom is -0.300 e. The summed E-state index contributed by atoms with van der Waals surface area (Å²) in [7, 11) is 0. The molecule has 0 amide bonds. The van der Waals surface area contributed by atoms with Gasteiger partial charge in [0.15, 0.2) is 5.78 Å². The average Bonchev–Trinajstić information content (AvgIpc) is 2.82. The van der Waals surface area contributed by atoms with Gasteiger partial charge in [-0.3, -0.25) is 9.59 Å². The summed E-state index contributed by atoms with van der Waals surface area (Å²) in [5.41, 5.74) is -1.23. The van der Waals surface area contributed by atoms with E-state index in [1.807, 2.05) is 13.8 Å². The van der Waals surface area contributed by atoms with Crippen molar-refractivity contribution in [1.82, 2.24) is 0 Å². The molecule has 0 aromatic carbocycles. The summed E-state index contributed by atoms with van der Waals surface area (Å²) in [6, 6.07) is 0. The van der Waals surface area contributed by atoms with Crippen LogP contribution in [0.1, 0.15) is 47.0 Å². The highest BCUT2D eigenvalue weighted by Gasteiger charge is 2.72. The van der Waals surface area contributed by atoms with Crippen molar-refractivity contribution in [3.63, 3.8) is 0 Å². The van der Waals surface area contributed by atoms with Crippen LogP contribution in [-0.4, -0.2) is 28.8 Å². The highest BCUT2D eigenvalue weighted by Crippen LogP contribution is 2.71. The molecule has 4 aliphatic rings. The second-order valence-electron chi connectivity index (χ2n) is 9.70. The number of rotatable bonds is 1. The van der Waals surface area contributed by atoms with Crippen molar-refractivity contribution in [2.24, 2.45) is 34.5 Å². The molecular weight excluding hydrogens is 370 g/mol. The molecule has 0 spiro atoms. The minimum atomic E-state index is -1.38. The highest BCUT2D eigenvalue weighted by molar-refractivity contribution is 6.26. The van der Waals surface area contributed by atoms with Crippen LogP contribution in [0.2, 0.25) is 0 Å². The van der Waals surface area contributed by atoms with Crippen molar-refractivity contribution in [2.75, 3.05) is 0 Å². The van der Waals surface area contributed by atoms with Crippen molar-refractivity contribution >= 4 is 23.2 Å². The van der Waals surface area contributed by atoms with Crippen LogP contribution in [0, 0.1) is 34.5 Å². The van der Waals surface area contributed by atoms with Crippen LogP contribution < -0.4 is 0 Å². The van der Waals surface area contributed by atoms with E-state index in [1.165, 1.54) is 12.2 Å². The number of carbonyl (C=O) groups excluding carboxylic acids is 2. The summed E-state index contributed by atoms with van der Waals surface area (Å²) in [5.74, 6) is -0.651. The van der Waals surface area contributed by atoms with Gasteiger partial charge in [-0.05, 0) is 67.1 Å². The first-order valence-electron chi connectivity index (χ1n) is 9.89. The zero-order chi connectivity index (χ0) is 19.9. The predicted molar refractivity (Wildman–Crippen MR) is 101 cm³/mol. The zero-order valence-corrected chi connectivity index (χ0v) is 17.0. The Bertz CT molecular complexity index is 776. The number of allylic oxidation sites excluding steroid dienone is 4. The summed E-state index contributed by atoms with van der Waals surface area (Å²) in [4.78, 5) is 22.9. The number of ketones is 2. The molecule has 4 rings (SSSR count). The highest BCUT2D eigenvalue weighted by atomic mass is 35.5. The number of Topliss-reactive ketones (excluding diaryl/α,β-unsaturated/α-hetero) is 1. The summed E-state index contributed by atoms with van der Waals surface area (Å²) < 4.78 is 31.1. The second-order valence-corrected chi connectivity index (χ2v) is 10.3. The third-order valence-corrected chi connectivity index (χ3v) is 9.27. The fraction of sp³-hybridized carbons (Fsp3) is 0.727. The first-order valence-corrected chi connectivity index (χ1v) is 10.3. The van der Waals surface area contributed by atoms with E-state index in [0.29, 0.717) is 5.57 Å². The van der Waals surface area contributed by atoms with Crippen molar-refractivity contribution in [3.05, 3.63) is 23.8 Å². The smallest absolute Gasteiger partial charge is 0.178 e. The molecule has 0 N–H and O–H groups in total. The van der Waals surface area contributed by atoms with Gasteiger partial charge in [-0.15, -0.1) is 11.6 Å². The SMILES string of the molecule is CC(=O)[C@H]1C(C)C[C@H]2[C@@H]3CC(F)C4=CC(=O)C=C[C@]4(C)[C@@]3(Cl)C(F)C[C@]12C. The summed E-state index contributed by atoms with van der Waals surface area (Å²) in [5, 5.41) is 0. The molecular formula is C22H27ClF2O2. The molecule has 27 heavy (non-hydrogen) atoms. The van der Waals surface area contributed by atoms with E-state index in [9.17, 15) is 9.59 Å².